The van der Waals surface area contributed by atoms with Gasteiger partial charge in [-0.15, -0.1) is 0 Å². The lowest BCUT2D eigenvalue weighted by Gasteiger charge is -2.16. The molecule has 0 radical (unpaired) electrons. The summed E-state index contributed by atoms with van der Waals surface area (Å²) >= 11 is 0. The fourth-order valence-corrected chi connectivity index (χ4v) is 1.95. The average molecular weight is 381 g/mol. The number of nitrogens with one attached hydrogen (secondary N) is 1. The second kappa shape index (κ2) is 14.4. The highest BCUT2D eigenvalue weighted by molar-refractivity contribution is 5.81. The normalized spacial score (nSPS) is 11.3. The molecule has 0 bridgehead atoms. The number of aliphatic hydroxyl groups excluding tert-OH is 1. The molecule has 2 N–H and O–H groups in total. The van der Waals surface area contributed by atoms with E-state index >= 15 is 0 Å². The lowest BCUT2D eigenvalue weighted by molar-refractivity contribution is -0.174. The Kier molecular flexibility index (Phi) is 14.6. The molecular weight excluding hydrogens is 351 g/mol. The molecule has 0 spiro atoms. The summed E-state index contributed by atoms with van der Waals surface area (Å²) in [7, 11) is 4.73. The molecule has 0 aromatic heterocycles. The third-order valence-electron chi connectivity index (χ3n) is 2.91. The maximum Gasteiger partial charge on any atom is 0.471 e. The number of aliphatic hydroxyl groups is 1. The van der Waals surface area contributed by atoms with Crippen LogP contribution in [0.15, 0.2) is 18.2 Å². The first kappa shape index (κ1) is 26.4. The predicted molar refractivity (Wildman–Crippen MR) is 95.4 cm³/mol. The summed E-state index contributed by atoms with van der Waals surface area (Å²) in [5.74, 6) is -1.38. The maximum atomic E-state index is 12.1. The molecule has 0 saturated heterocycles. The van der Waals surface area contributed by atoms with Gasteiger partial charge < -0.3 is 19.9 Å². The van der Waals surface area contributed by atoms with Gasteiger partial charge in [-0.25, -0.2) is 0 Å². The first-order valence-electron chi connectivity index (χ1n) is 8.24. The molecule has 152 valence electrons. The van der Waals surface area contributed by atoms with Crippen LogP contribution in [0, 0.1) is 0 Å². The summed E-state index contributed by atoms with van der Waals surface area (Å²) < 4.78 is 45.9. The highest BCUT2D eigenvalue weighted by Crippen LogP contribution is 2.22. The highest BCUT2D eigenvalue weighted by Gasteiger charge is 2.39. The van der Waals surface area contributed by atoms with Crippen molar-refractivity contribution >= 4 is 5.91 Å². The van der Waals surface area contributed by atoms with Gasteiger partial charge in [0.2, 0.25) is 0 Å². The number of amides is 1. The third kappa shape index (κ3) is 10.9. The van der Waals surface area contributed by atoms with Crippen LogP contribution in [-0.2, 0) is 22.4 Å². The van der Waals surface area contributed by atoms with E-state index in [1.807, 2.05) is 19.2 Å². The van der Waals surface area contributed by atoms with Crippen molar-refractivity contribution in [2.45, 2.75) is 45.8 Å². The van der Waals surface area contributed by atoms with Crippen molar-refractivity contribution in [2.24, 2.45) is 0 Å². The van der Waals surface area contributed by atoms with E-state index in [1.54, 1.807) is 32.4 Å². The van der Waals surface area contributed by atoms with E-state index in [2.05, 4.69) is 4.74 Å². The molecule has 1 atom stereocenters. The van der Waals surface area contributed by atoms with Crippen LogP contribution in [0.5, 0.6) is 5.75 Å². The second-order valence-corrected chi connectivity index (χ2v) is 5.10. The van der Waals surface area contributed by atoms with Crippen molar-refractivity contribution in [3.63, 3.8) is 0 Å². The average Bonchev–Trinajstić information content (AvgIpc) is 2.58. The van der Waals surface area contributed by atoms with Crippen molar-refractivity contribution in [2.75, 3.05) is 27.9 Å². The molecular formula is C18H30F3NO4. The minimum Gasteiger partial charge on any atom is -0.496 e. The number of hydrogen-bond donors (Lipinski definition) is 2. The summed E-state index contributed by atoms with van der Waals surface area (Å²) in [6.07, 6.45) is -4.20. The SMILES string of the molecule is CC.COC.COc1cc(CC(C)NC(=O)C(F)(F)F)ccc1CCO. The Hall–Kier alpha value is -1.80. The summed E-state index contributed by atoms with van der Waals surface area (Å²) in [4.78, 5) is 10.8. The summed E-state index contributed by atoms with van der Waals surface area (Å²) in [5, 5.41) is 10.8. The van der Waals surface area contributed by atoms with Crippen molar-refractivity contribution in [1.82, 2.24) is 5.32 Å². The Morgan fingerprint density at radius 2 is 1.77 bits per heavy atom. The van der Waals surface area contributed by atoms with Crippen LogP contribution in [0.25, 0.3) is 0 Å². The number of methoxy groups -OCH3 is 2. The van der Waals surface area contributed by atoms with Gasteiger partial charge in [-0.2, -0.15) is 13.2 Å². The first-order chi connectivity index (χ1) is 12.2. The van der Waals surface area contributed by atoms with Crippen LogP contribution >= 0.6 is 0 Å². The number of alkyl halides is 3. The van der Waals surface area contributed by atoms with E-state index in [0.29, 0.717) is 12.2 Å². The standard InChI is InChI=1S/C14H18F3NO3.C2H6O.C2H6/c1-9(18-13(20)14(15,16)17)7-10-3-4-11(5-6-19)12(8-10)21-2;1-3-2;1-2/h3-4,8-9,19H,5-7H2,1-2H3,(H,18,20);1-2H3;1-2H3. The molecule has 0 aliphatic carbocycles. The van der Waals surface area contributed by atoms with E-state index in [-0.39, 0.29) is 13.0 Å². The highest BCUT2D eigenvalue weighted by atomic mass is 19.4. The minimum atomic E-state index is -4.88. The Labute approximate surface area is 153 Å². The van der Waals surface area contributed by atoms with E-state index in [9.17, 15) is 18.0 Å². The summed E-state index contributed by atoms with van der Waals surface area (Å²) in [6, 6.07) is 4.53. The van der Waals surface area contributed by atoms with E-state index in [1.165, 1.54) is 14.0 Å². The smallest absolute Gasteiger partial charge is 0.471 e. The number of benzene rings is 1. The van der Waals surface area contributed by atoms with Gasteiger partial charge in [0.05, 0.1) is 7.11 Å². The number of carbonyl (C=O) groups is 1. The molecule has 0 fully saturated rings. The molecule has 1 aromatic rings. The number of ether oxygens (including phenoxy) is 2. The largest absolute Gasteiger partial charge is 0.496 e. The molecule has 26 heavy (non-hydrogen) atoms. The fraction of sp³-hybridized carbons (Fsp3) is 0.611. The quantitative estimate of drug-likeness (QED) is 0.795. The van der Waals surface area contributed by atoms with Crippen molar-refractivity contribution in [1.29, 1.82) is 0 Å². The number of hydrogen-bond acceptors (Lipinski definition) is 4. The molecule has 0 aliphatic heterocycles. The van der Waals surface area contributed by atoms with Crippen LogP contribution in [0.4, 0.5) is 13.2 Å². The number of rotatable bonds is 6. The molecule has 1 amide bonds. The van der Waals surface area contributed by atoms with E-state index < -0.39 is 18.1 Å². The molecule has 1 unspecified atom stereocenters. The maximum absolute atomic E-state index is 12.1. The van der Waals surface area contributed by atoms with Gasteiger partial charge >= 0.3 is 12.1 Å². The van der Waals surface area contributed by atoms with Crippen molar-refractivity contribution < 1.29 is 32.5 Å². The first-order valence-corrected chi connectivity index (χ1v) is 8.24. The van der Waals surface area contributed by atoms with E-state index in [0.717, 1.165) is 11.1 Å². The molecule has 8 heteroatoms. The Balaban J connectivity index is 0. The van der Waals surface area contributed by atoms with Gasteiger partial charge in [0, 0.05) is 26.9 Å². The monoisotopic (exact) mass is 381 g/mol. The van der Waals surface area contributed by atoms with E-state index in [4.69, 9.17) is 9.84 Å². The van der Waals surface area contributed by atoms with Crippen LogP contribution in [0.1, 0.15) is 31.9 Å². The van der Waals surface area contributed by atoms with Gasteiger partial charge in [0.1, 0.15) is 5.75 Å². The second-order valence-electron chi connectivity index (χ2n) is 5.10. The zero-order chi connectivity index (χ0) is 20.8. The molecule has 0 aliphatic rings. The zero-order valence-electron chi connectivity index (χ0n) is 16.2. The minimum absolute atomic E-state index is 0.0201. The lowest BCUT2D eigenvalue weighted by atomic mass is 10.0. The number of halogens is 3. The van der Waals surface area contributed by atoms with Crippen LogP contribution in [0.3, 0.4) is 0 Å². The van der Waals surface area contributed by atoms with Crippen molar-refractivity contribution in [3.8, 4) is 5.75 Å². The Morgan fingerprint density at radius 3 is 2.19 bits per heavy atom. The van der Waals surface area contributed by atoms with Gasteiger partial charge in [0.15, 0.2) is 0 Å². The van der Waals surface area contributed by atoms with Crippen LogP contribution in [-0.4, -0.2) is 51.2 Å². The predicted octanol–water partition coefficient (Wildman–Crippen LogP) is 3.13. The molecule has 1 rings (SSSR count). The van der Waals surface area contributed by atoms with Crippen LogP contribution < -0.4 is 10.1 Å². The summed E-state index contributed by atoms with van der Waals surface area (Å²) in [6.45, 7) is 5.48. The topological polar surface area (TPSA) is 67.8 Å². The van der Waals surface area contributed by atoms with Crippen LogP contribution in [0.2, 0.25) is 0 Å². The molecule has 0 heterocycles. The third-order valence-corrected chi connectivity index (χ3v) is 2.91. The Morgan fingerprint density at radius 1 is 1.23 bits per heavy atom. The van der Waals surface area contributed by atoms with Crippen molar-refractivity contribution in [3.05, 3.63) is 29.3 Å². The van der Waals surface area contributed by atoms with Gasteiger partial charge in [-0.3, -0.25) is 4.79 Å². The Bertz CT molecular complexity index is 508. The van der Waals surface area contributed by atoms with Gasteiger partial charge in [-0.05, 0) is 37.0 Å². The number of carbonyl (C=O) groups excluding carboxylic acids is 1. The summed E-state index contributed by atoms with van der Waals surface area (Å²) in [5.41, 5.74) is 1.55. The van der Waals surface area contributed by atoms with Gasteiger partial charge in [0.25, 0.3) is 0 Å². The van der Waals surface area contributed by atoms with Gasteiger partial charge in [-0.1, -0.05) is 26.0 Å². The molecule has 5 nitrogen and oxygen atoms in total. The zero-order valence-corrected chi connectivity index (χ0v) is 16.2. The lowest BCUT2D eigenvalue weighted by Crippen LogP contribution is -2.42. The fourth-order valence-electron chi connectivity index (χ4n) is 1.95. The molecule has 0 saturated carbocycles. The molecule has 1 aromatic carbocycles.